The summed E-state index contributed by atoms with van der Waals surface area (Å²) in [7, 11) is 1.50. The van der Waals surface area contributed by atoms with Crippen molar-refractivity contribution in [2.24, 2.45) is 0 Å². The van der Waals surface area contributed by atoms with E-state index in [4.69, 9.17) is 4.74 Å². The van der Waals surface area contributed by atoms with Crippen molar-refractivity contribution < 1.29 is 9.13 Å². The van der Waals surface area contributed by atoms with E-state index >= 15 is 0 Å². The summed E-state index contributed by atoms with van der Waals surface area (Å²) in [6.07, 6.45) is 1.40. The van der Waals surface area contributed by atoms with Crippen LogP contribution in [0.5, 0.6) is 5.88 Å². The van der Waals surface area contributed by atoms with Crippen LogP contribution >= 0.6 is 22.6 Å². The Morgan fingerprint density at radius 1 is 1.36 bits per heavy atom. The van der Waals surface area contributed by atoms with Crippen molar-refractivity contribution in [3.8, 4) is 5.88 Å². The summed E-state index contributed by atoms with van der Waals surface area (Å²) < 4.78 is 19.0. The number of halogens is 2. The molecule has 0 aliphatic rings. The number of fused-ring (bicyclic) bond motifs is 1. The topological polar surface area (TPSA) is 35.0 Å². The third-order valence-electron chi connectivity index (χ3n) is 1.79. The summed E-state index contributed by atoms with van der Waals surface area (Å²) in [6.45, 7) is 0. The highest BCUT2D eigenvalue weighted by molar-refractivity contribution is 14.1. The molecule has 1 heterocycles. The third kappa shape index (κ3) is 1.52. The van der Waals surface area contributed by atoms with E-state index in [2.05, 4.69) is 32.6 Å². The molecule has 0 bridgehead atoms. The van der Waals surface area contributed by atoms with Gasteiger partial charge in [-0.3, -0.25) is 0 Å². The van der Waals surface area contributed by atoms with Crippen LogP contribution in [0.25, 0.3) is 11.0 Å². The smallest absolute Gasteiger partial charge is 0.232 e. The molecule has 0 atom stereocenters. The predicted octanol–water partition coefficient (Wildman–Crippen LogP) is 2.38. The molecule has 0 saturated carbocycles. The first-order valence-electron chi connectivity index (χ1n) is 3.87. The lowest BCUT2D eigenvalue weighted by atomic mass is 10.3. The molecule has 2 aromatic rings. The molecule has 72 valence electrons. The highest BCUT2D eigenvalue weighted by Gasteiger charge is 2.07. The predicted molar refractivity (Wildman–Crippen MR) is 58.8 cm³/mol. The van der Waals surface area contributed by atoms with Gasteiger partial charge in [-0.05, 0) is 34.7 Å². The van der Waals surface area contributed by atoms with Gasteiger partial charge in [-0.2, -0.15) is 0 Å². The first kappa shape index (κ1) is 9.57. The fraction of sp³-hybridized carbons (Fsp3) is 0.111. The summed E-state index contributed by atoms with van der Waals surface area (Å²) in [5.41, 5.74) is 0.808. The van der Waals surface area contributed by atoms with E-state index in [-0.39, 0.29) is 11.3 Å². The molecule has 0 aliphatic heterocycles. The maximum absolute atomic E-state index is 13.3. The maximum atomic E-state index is 13.3. The van der Waals surface area contributed by atoms with Crippen LogP contribution in [0.2, 0.25) is 0 Å². The van der Waals surface area contributed by atoms with Crippen molar-refractivity contribution in [2.75, 3.05) is 7.11 Å². The SMILES string of the molecule is COc1cnc2c(F)ccc(I)c2n1. The summed E-state index contributed by atoms with van der Waals surface area (Å²) in [5, 5.41) is 0. The van der Waals surface area contributed by atoms with E-state index in [0.717, 1.165) is 3.57 Å². The largest absolute Gasteiger partial charge is 0.480 e. The molecule has 0 radical (unpaired) electrons. The van der Waals surface area contributed by atoms with E-state index in [1.807, 2.05) is 0 Å². The van der Waals surface area contributed by atoms with Gasteiger partial charge < -0.3 is 4.74 Å². The zero-order valence-corrected chi connectivity index (χ0v) is 9.45. The fourth-order valence-corrected chi connectivity index (χ4v) is 1.67. The van der Waals surface area contributed by atoms with Crippen molar-refractivity contribution in [3.05, 3.63) is 27.7 Å². The van der Waals surface area contributed by atoms with Crippen molar-refractivity contribution in [1.29, 1.82) is 0 Å². The van der Waals surface area contributed by atoms with E-state index in [1.54, 1.807) is 6.07 Å². The molecule has 0 fully saturated rings. The van der Waals surface area contributed by atoms with Gasteiger partial charge in [0, 0.05) is 3.57 Å². The molecule has 5 heteroatoms. The van der Waals surface area contributed by atoms with Crippen molar-refractivity contribution in [1.82, 2.24) is 9.97 Å². The van der Waals surface area contributed by atoms with Gasteiger partial charge in [-0.1, -0.05) is 0 Å². The number of methoxy groups -OCH3 is 1. The lowest BCUT2D eigenvalue weighted by Gasteiger charge is -2.02. The van der Waals surface area contributed by atoms with Crippen LogP contribution in [-0.4, -0.2) is 17.1 Å². The molecule has 0 amide bonds. The average Bonchev–Trinajstić information content (AvgIpc) is 2.23. The Morgan fingerprint density at radius 2 is 2.14 bits per heavy atom. The number of hydrogen-bond donors (Lipinski definition) is 0. The number of nitrogens with zero attached hydrogens (tertiary/aromatic N) is 2. The van der Waals surface area contributed by atoms with Gasteiger partial charge >= 0.3 is 0 Å². The van der Waals surface area contributed by atoms with Gasteiger partial charge in [0.15, 0.2) is 5.82 Å². The fourth-order valence-electron chi connectivity index (χ4n) is 1.12. The second-order valence-electron chi connectivity index (χ2n) is 2.64. The quantitative estimate of drug-likeness (QED) is 0.759. The van der Waals surface area contributed by atoms with Gasteiger partial charge in [-0.25, -0.2) is 14.4 Å². The van der Waals surface area contributed by atoms with Gasteiger partial charge in [0.2, 0.25) is 5.88 Å². The molecular formula is C9H6FIN2O. The highest BCUT2D eigenvalue weighted by atomic mass is 127. The van der Waals surface area contributed by atoms with Crippen LogP contribution in [-0.2, 0) is 0 Å². The Balaban J connectivity index is 2.80. The Labute approximate surface area is 93.5 Å². The van der Waals surface area contributed by atoms with E-state index in [0.29, 0.717) is 11.4 Å². The lowest BCUT2D eigenvalue weighted by Crippen LogP contribution is -1.94. The van der Waals surface area contributed by atoms with E-state index in [1.165, 1.54) is 19.4 Å². The van der Waals surface area contributed by atoms with Crippen LogP contribution in [0.1, 0.15) is 0 Å². The molecule has 1 aromatic carbocycles. The summed E-state index contributed by atoms with van der Waals surface area (Å²) in [4.78, 5) is 8.07. The maximum Gasteiger partial charge on any atom is 0.232 e. The van der Waals surface area contributed by atoms with E-state index in [9.17, 15) is 4.39 Å². The van der Waals surface area contributed by atoms with E-state index < -0.39 is 0 Å². The first-order valence-corrected chi connectivity index (χ1v) is 4.95. The average molecular weight is 304 g/mol. The first-order chi connectivity index (χ1) is 6.72. The van der Waals surface area contributed by atoms with Crippen LogP contribution < -0.4 is 4.74 Å². The summed E-state index contributed by atoms with van der Waals surface area (Å²) >= 11 is 2.08. The number of benzene rings is 1. The molecule has 3 nitrogen and oxygen atoms in total. The zero-order chi connectivity index (χ0) is 10.1. The number of ether oxygens (including phenoxy) is 1. The Morgan fingerprint density at radius 3 is 2.86 bits per heavy atom. The molecule has 14 heavy (non-hydrogen) atoms. The minimum Gasteiger partial charge on any atom is -0.480 e. The second-order valence-corrected chi connectivity index (χ2v) is 3.80. The molecule has 2 rings (SSSR count). The Kier molecular flexibility index (Phi) is 2.49. The van der Waals surface area contributed by atoms with Crippen LogP contribution in [0.3, 0.4) is 0 Å². The van der Waals surface area contributed by atoms with Gasteiger partial charge in [0.05, 0.1) is 13.3 Å². The standard InChI is InChI=1S/C9H6FIN2O/c1-14-7-4-12-8-5(10)2-3-6(11)9(8)13-7/h2-4H,1H3. The van der Waals surface area contributed by atoms with Crippen LogP contribution in [0.4, 0.5) is 4.39 Å². The molecule has 0 saturated heterocycles. The number of rotatable bonds is 1. The molecule has 0 unspecified atom stereocenters. The monoisotopic (exact) mass is 304 g/mol. The van der Waals surface area contributed by atoms with Crippen molar-refractivity contribution in [2.45, 2.75) is 0 Å². The summed E-state index contributed by atoms with van der Waals surface area (Å²) in [5.74, 6) is 0.0246. The van der Waals surface area contributed by atoms with Crippen molar-refractivity contribution >= 4 is 33.6 Å². The Bertz CT molecular complexity index is 489. The van der Waals surface area contributed by atoms with Gasteiger partial charge in [0.1, 0.15) is 11.0 Å². The second kappa shape index (κ2) is 3.64. The van der Waals surface area contributed by atoms with Gasteiger partial charge in [-0.15, -0.1) is 0 Å². The van der Waals surface area contributed by atoms with Gasteiger partial charge in [0.25, 0.3) is 0 Å². The number of hydrogen-bond acceptors (Lipinski definition) is 3. The normalized spacial score (nSPS) is 10.5. The molecular weight excluding hydrogens is 298 g/mol. The minimum absolute atomic E-state index is 0.276. The molecule has 0 spiro atoms. The third-order valence-corrected chi connectivity index (χ3v) is 2.66. The van der Waals surface area contributed by atoms with Crippen LogP contribution in [0, 0.1) is 9.39 Å². The molecule has 0 aliphatic carbocycles. The van der Waals surface area contributed by atoms with Crippen molar-refractivity contribution in [3.63, 3.8) is 0 Å². The number of aromatic nitrogens is 2. The zero-order valence-electron chi connectivity index (χ0n) is 7.29. The minimum atomic E-state index is -0.365. The molecule has 0 N–H and O–H groups in total. The summed E-state index contributed by atoms with van der Waals surface area (Å²) in [6, 6.07) is 3.04. The lowest BCUT2D eigenvalue weighted by molar-refractivity contribution is 0.397. The molecule has 1 aromatic heterocycles. The van der Waals surface area contributed by atoms with Crippen LogP contribution in [0.15, 0.2) is 18.3 Å². The highest BCUT2D eigenvalue weighted by Crippen LogP contribution is 2.21. The Hall–Kier alpha value is -0.980.